The van der Waals surface area contributed by atoms with Gasteiger partial charge in [-0.2, -0.15) is 0 Å². The molecule has 0 aromatic carbocycles. The quantitative estimate of drug-likeness (QED) is 0.150. The van der Waals surface area contributed by atoms with E-state index >= 15 is 0 Å². The third-order valence-electron chi connectivity index (χ3n) is 4.10. The number of amides is 1. The van der Waals surface area contributed by atoms with Crippen molar-refractivity contribution in [2.75, 3.05) is 73.5 Å². The summed E-state index contributed by atoms with van der Waals surface area (Å²) in [5.41, 5.74) is 5.25. The second-order valence-corrected chi connectivity index (χ2v) is 8.90. The van der Waals surface area contributed by atoms with Crippen LogP contribution < -0.4 is 45.6 Å². The number of rotatable bonds is 10. The van der Waals surface area contributed by atoms with Gasteiger partial charge in [-0.1, -0.05) is 18.7 Å². The van der Waals surface area contributed by atoms with Crippen molar-refractivity contribution in [3.63, 3.8) is 0 Å². The third-order valence-corrected chi connectivity index (χ3v) is 4.62. The molecule has 0 atom stereocenters. The molecule has 0 aliphatic carbocycles. The van der Waals surface area contributed by atoms with Crippen LogP contribution in [0.3, 0.4) is 0 Å². The molecule has 0 saturated carbocycles. The normalized spacial score (nSPS) is 11.3. The predicted molar refractivity (Wildman–Crippen MR) is 150 cm³/mol. The first-order valence-corrected chi connectivity index (χ1v) is 13.0. The molecule has 2 aromatic rings. The summed E-state index contributed by atoms with van der Waals surface area (Å²) in [5, 5.41) is 2.35. The van der Waals surface area contributed by atoms with Gasteiger partial charge in [0.05, 0.1) is 12.2 Å². The molecule has 0 radical (unpaired) electrons. The van der Waals surface area contributed by atoms with Crippen LogP contribution in [-0.2, 0) is 20.9 Å². The van der Waals surface area contributed by atoms with Gasteiger partial charge in [0.2, 0.25) is 11.1 Å². The summed E-state index contributed by atoms with van der Waals surface area (Å²) in [6.07, 6.45) is 14.5. The molecule has 3 rings (SSSR count). The number of ether oxygens (including phenoxy) is 1. The van der Waals surface area contributed by atoms with Gasteiger partial charge < -0.3 is 40.1 Å². The Morgan fingerprint density at radius 3 is 2.00 bits per heavy atom. The number of carbonyl (C=O) groups excluding carboxylic acids is 2. The van der Waals surface area contributed by atoms with Crippen molar-refractivity contribution in [3.8, 4) is 0 Å². The van der Waals surface area contributed by atoms with E-state index in [-0.39, 0.29) is 41.3 Å². The number of alkyl halides is 1. The summed E-state index contributed by atoms with van der Waals surface area (Å²) in [5.74, 6) is -0.0616. The van der Waals surface area contributed by atoms with Crippen LogP contribution in [0.25, 0.3) is 0 Å². The van der Waals surface area contributed by atoms with E-state index in [4.69, 9.17) is 33.7 Å². The Morgan fingerprint density at radius 1 is 1.08 bits per heavy atom. The minimum absolute atomic E-state index is 0. The Kier molecular flexibility index (Phi) is 35.1. The SMILES string of the molecule is C1CCOC1.CN(C)CCCN.CN(C)CCCNC(=O)Cn1ccnc1.O=C(Cl)CCl.[Na+].c1c[n-]cn1. The number of hydrogen-bond acceptors (Lipinski definition) is 8. The number of imidazole rings is 2. The van der Waals surface area contributed by atoms with Crippen molar-refractivity contribution in [1.82, 2.24) is 34.6 Å². The van der Waals surface area contributed by atoms with Gasteiger partial charge in [0, 0.05) is 32.2 Å². The summed E-state index contributed by atoms with van der Waals surface area (Å²) in [4.78, 5) is 36.2. The summed E-state index contributed by atoms with van der Waals surface area (Å²) in [6, 6.07) is 0. The maximum Gasteiger partial charge on any atom is 1.00 e. The number of nitrogens with zero attached hydrogens (tertiary/aromatic N) is 6. The molecule has 0 unspecified atom stereocenters. The molecular weight excluding hydrogens is 542 g/mol. The first-order chi connectivity index (χ1) is 17.7. The monoisotopic (exact) mass is 586 g/mol. The zero-order valence-corrected chi connectivity index (χ0v) is 27.2. The predicted octanol–water partition coefficient (Wildman–Crippen LogP) is -1.32. The van der Waals surface area contributed by atoms with E-state index in [1.807, 2.05) is 14.1 Å². The molecule has 1 amide bonds. The van der Waals surface area contributed by atoms with Crippen molar-refractivity contribution in [1.29, 1.82) is 0 Å². The van der Waals surface area contributed by atoms with Crippen molar-refractivity contribution in [2.45, 2.75) is 32.2 Å². The molecule has 3 N–H and O–H groups in total. The van der Waals surface area contributed by atoms with Gasteiger partial charge >= 0.3 is 29.6 Å². The number of carbonyl (C=O) groups is 2. The minimum Gasteiger partial charge on any atom is -0.450 e. The molecule has 1 aliphatic rings. The molecule has 1 saturated heterocycles. The van der Waals surface area contributed by atoms with E-state index in [9.17, 15) is 9.59 Å². The largest absolute Gasteiger partial charge is 1.00 e. The fraction of sp³-hybridized carbons (Fsp3) is 0.667. The van der Waals surface area contributed by atoms with Crippen LogP contribution in [-0.4, -0.2) is 109 Å². The second-order valence-electron chi connectivity index (χ2n) is 8.21. The van der Waals surface area contributed by atoms with E-state index < -0.39 is 5.24 Å². The minimum atomic E-state index is -0.508. The molecule has 3 heterocycles. The Balaban J connectivity index is -0.000000444. The first-order valence-electron chi connectivity index (χ1n) is 12.1. The number of aromatic nitrogens is 4. The first kappa shape index (κ1) is 41.5. The Hall–Kier alpha value is -1.02. The number of halogens is 2. The maximum atomic E-state index is 11.4. The van der Waals surface area contributed by atoms with Gasteiger partial charge in [-0.25, -0.2) is 4.98 Å². The van der Waals surface area contributed by atoms with Gasteiger partial charge in [0.25, 0.3) is 0 Å². The zero-order chi connectivity index (χ0) is 28.2. The summed E-state index contributed by atoms with van der Waals surface area (Å²) in [7, 11) is 8.14. The number of hydrogen-bond donors (Lipinski definition) is 2. The molecule has 11 nitrogen and oxygen atoms in total. The summed E-state index contributed by atoms with van der Waals surface area (Å²) in [6.45, 7) is 5.98. The zero-order valence-electron chi connectivity index (χ0n) is 23.7. The third kappa shape index (κ3) is 37.1. The molecule has 1 aliphatic heterocycles. The standard InChI is InChI=1S/C10H18N4O.C5H14N2.C4H8O.C3H3N2.C2H2Cl2O.Na/c1-13(2)6-3-4-12-10(15)8-14-7-5-11-9-14;1-7(2)5-3-4-6;1-2-4-5-3-1;1-2-5-3-4-1;3-1-2(4)5;/h5,7,9H,3-4,6,8H2,1-2H3,(H,12,15);3-6H2,1-2H3;1-4H2;1-3H;1H2;/q;;;-1;;+1. The molecule has 38 heavy (non-hydrogen) atoms. The van der Waals surface area contributed by atoms with Gasteiger partial charge in [-0.3, -0.25) is 9.59 Å². The smallest absolute Gasteiger partial charge is 0.450 e. The molecule has 1 fully saturated rings. The summed E-state index contributed by atoms with van der Waals surface area (Å²) >= 11 is 9.55. The van der Waals surface area contributed by atoms with E-state index in [1.165, 1.54) is 19.2 Å². The molecule has 0 spiro atoms. The van der Waals surface area contributed by atoms with E-state index in [1.54, 1.807) is 35.7 Å². The van der Waals surface area contributed by atoms with Gasteiger partial charge in [-0.05, 0) is 85.1 Å². The van der Waals surface area contributed by atoms with Gasteiger partial charge in [0.1, 0.15) is 6.54 Å². The second kappa shape index (κ2) is 32.2. The molecule has 0 bridgehead atoms. The number of nitrogens with one attached hydrogen (secondary N) is 1. The van der Waals surface area contributed by atoms with E-state index in [0.717, 1.165) is 52.2 Å². The Labute approximate surface area is 260 Å². The average Bonchev–Trinajstić information content (AvgIpc) is 3.67. The van der Waals surface area contributed by atoms with Gasteiger partial charge in [-0.15, -0.1) is 11.6 Å². The maximum absolute atomic E-state index is 11.4. The van der Waals surface area contributed by atoms with E-state index in [2.05, 4.69) is 44.2 Å². The summed E-state index contributed by atoms with van der Waals surface area (Å²) < 4.78 is 6.70. The van der Waals surface area contributed by atoms with Crippen LogP contribution in [0.4, 0.5) is 0 Å². The average molecular weight is 588 g/mol. The van der Waals surface area contributed by atoms with Crippen molar-refractivity contribution in [3.05, 3.63) is 37.4 Å². The number of nitrogens with two attached hydrogens (primary N) is 1. The van der Waals surface area contributed by atoms with Crippen LogP contribution >= 0.6 is 23.2 Å². The van der Waals surface area contributed by atoms with Crippen LogP contribution in [0.2, 0.25) is 0 Å². The fourth-order valence-corrected chi connectivity index (χ4v) is 2.34. The van der Waals surface area contributed by atoms with Crippen molar-refractivity contribution >= 4 is 34.4 Å². The van der Waals surface area contributed by atoms with Crippen molar-refractivity contribution < 1.29 is 43.9 Å². The van der Waals surface area contributed by atoms with Crippen LogP contribution in [0, 0.1) is 0 Å². The Bertz CT molecular complexity index is 696. The van der Waals surface area contributed by atoms with Gasteiger partial charge in [0.15, 0.2) is 0 Å². The topological polar surface area (TPSA) is 133 Å². The van der Waals surface area contributed by atoms with Crippen LogP contribution in [0.5, 0.6) is 0 Å². The van der Waals surface area contributed by atoms with Crippen molar-refractivity contribution in [2.24, 2.45) is 5.73 Å². The van der Waals surface area contributed by atoms with E-state index in [0.29, 0.717) is 6.54 Å². The molecule has 14 heteroatoms. The molecular formula is C24H45Cl2N8NaO3. The fourth-order valence-electron chi connectivity index (χ4n) is 2.34. The molecule has 214 valence electrons. The Morgan fingerprint density at radius 2 is 1.68 bits per heavy atom. The van der Waals surface area contributed by atoms with Crippen LogP contribution in [0.1, 0.15) is 25.7 Å². The van der Waals surface area contributed by atoms with Crippen LogP contribution in [0.15, 0.2) is 37.4 Å². The molecule has 2 aromatic heterocycles.